The second-order valence-corrected chi connectivity index (χ2v) is 5.87. The third-order valence-corrected chi connectivity index (χ3v) is 4.11. The fraction of sp³-hybridized carbons (Fsp3) is 0.150. The Kier molecular flexibility index (Phi) is 4.95. The van der Waals surface area contributed by atoms with E-state index in [4.69, 9.17) is 0 Å². The summed E-state index contributed by atoms with van der Waals surface area (Å²) >= 11 is 0. The summed E-state index contributed by atoms with van der Waals surface area (Å²) in [5.41, 5.74) is -0.0382. The van der Waals surface area contributed by atoms with Crippen LogP contribution in [-0.2, 0) is 6.18 Å². The van der Waals surface area contributed by atoms with Crippen molar-refractivity contribution in [3.8, 4) is 0 Å². The molecule has 1 unspecified atom stereocenters. The minimum atomic E-state index is -4.44. The van der Waals surface area contributed by atoms with Crippen molar-refractivity contribution >= 4 is 16.7 Å². The van der Waals surface area contributed by atoms with Crippen LogP contribution in [0.4, 0.5) is 13.2 Å². The quantitative estimate of drug-likeness (QED) is 0.729. The van der Waals surface area contributed by atoms with Crippen LogP contribution in [0.3, 0.4) is 0 Å². The molecule has 0 aliphatic rings. The van der Waals surface area contributed by atoms with Gasteiger partial charge in [0.05, 0.1) is 11.7 Å². The maximum atomic E-state index is 12.6. The van der Waals surface area contributed by atoms with Gasteiger partial charge in [0.15, 0.2) is 0 Å². The van der Waals surface area contributed by atoms with E-state index < -0.39 is 23.8 Å². The number of hydrogen-bond acceptors (Lipinski definition) is 2. The van der Waals surface area contributed by atoms with E-state index in [0.717, 1.165) is 35.0 Å². The highest BCUT2D eigenvalue weighted by atomic mass is 19.4. The fourth-order valence-corrected chi connectivity index (χ4v) is 2.75. The van der Waals surface area contributed by atoms with Crippen LogP contribution in [-0.4, -0.2) is 17.6 Å². The summed E-state index contributed by atoms with van der Waals surface area (Å²) in [5, 5.41) is 14.8. The lowest BCUT2D eigenvalue weighted by Crippen LogP contribution is -2.28. The molecule has 3 rings (SSSR count). The molecular weight excluding hydrogens is 343 g/mol. The van der Waals surface area contributed by atoms with E-state index in [0.29, 0.717) is 5.56 Å². The Morgan fingerprint density at radius 1 is 0.962 bits per heavy atom. The molecule has 3 nitrogen and oxygen atoms in total. The van der Waals surface area contributed by atoms with Crippen LogP contribution in [0.15, 0.2) is 66.7 Å². The van der Waals surface area contributed by atoms with Gasteiger partial charge in [0.2, 0.25) is 0 Å². The Balaban J connectivity index is 1.69. The number of halogens is 3. The van der Waals surface area contributed by atoms with Gasteiger partial charge < -0.3 is 10.4 Å². The zero-order valence-corrected chi connectivity index (χ0v) is 13.6. The molecule has 134 valence electrons. The number of aliphatic hydroxyl groups excluding tert-OH is 1. The van der Waals surface area contributed by atoms with Crippen LogP contribution in [0.25, 0.3) is 10.8 Å². The van der Waals surface area contributed by atoms with Gasteiger partial charge in [0.25, 0.3) is 5.91 Å². The highest BCUT2D eigenvalue weighted by Crippen LogP contribution is 2.29. The summed E-state index contributed by atoms with van der Waals surface area (Å²) in [5.74, 6) is -0.544. The first-order valence-electron chi connectivity index (χ1n) is 7.97. The van der Waals surface area contributed by atoms with Crippen LogP contribution in [0, 0.1) is 0 Å². The molecule has 6 heteroatoms. The summed E-state index contributed by atoms with van der Waals surface area (Å²) in [6.07, 6.45) is -5.38. The van der Waals surface area contributed by atoms with Gasteiger partial charge >= 0.3 is 6.18 Å². The smallest absolute Gasteiger partial charge is 0.387 e. The van der Waals surface area contributed by atoms with E-state index in [1.165, 1.54) is 0 Å². The predicted molar refractivity (Wildman–Crippen MR) is 92.7 cm³/mol. The van der Waals surface area contributed by atoms with Gasteiger partial charge in [-0.3, -0.25) is 4.79 Å². The van der Waals surface area contributed by atoms with Gasteiger partial charge in [-0.05, 0) is 40.6 Å². The second kappa shape index (κ2) is 7.17. The van der Waals surface area contributed by atoms with Crippen molar-refractivity contribution in [2.45, 2.75) is 12.3 Å². The molecule has 0 saturated carbocycles. The number of benzene rings is 3. The number of aliphatic hydroxyl groups is 1. The van der Waals surface area contributed by atoms with Gasteiger partial charge in [0.1, 0.15) is 0 Å². The largest absolute Gasteiger partial charge is 0.416 e. The molecule has 0 spiro atoms. The van der Waals surface area contributed by atoms with Crippen LogP contribution in [0.1, 0.15) is 27.6 Å². The molecule has 1 atom stereocenters. The first kappa shape index (κ1) is 17.9. The maximum absolute atomic E-state index is 12.6. The number of fused-ring (bicyclic) bond motifs is 1. The molecule has 26 heavy (non-hydrogen) atoms. The lowest BCUT2D eigenvalue weighted by Gasteiger charge is -2.15. The molecule has 3 aromatic carbocycles. The van der Waals surface area contributed by atoms with Crippen molar-refractivity contribution in [3.05, 3.63) is 83.4 Å². The van der Waals surface area contributed by atoms with Gasteiger partial charge in [-0.15, -0.1) is 0 Å². The van der Waals surface area contributed by atoms with Crippen molar-refractivity contribution in [1.82, 2.24) is 5.32 Å². The van der Waals surface area contributed by atoms with Crippen molar-refractivity contribution in [1.29, 1.82) is 0 Å². The molecular formula is C20H16F3NO2. The van der Waals surface area contributed by atoms with Crippen LogP contribution in [0.5, 0.6) is 0 Å². The Bertz CT molecular complexity index is 915. The molecule has 0 radical (unpaired) electrons. The number of amides is 1. The van der Waals surface area contributed by atoms with Gasteiger partial charge in [-0.25, -0.2) is 0 Å². The minimum absolute atomic E-state index is 0.0478. The highest BCUT2D eigenvalue weighted by Gasteiger charge is 2.30. The highest BCUT2D eigenvalue weighted by molar-refractivity contribution is 5.94. The summed E-state index contributed by atoms with van der Waals surface area (Å²) < 4.78 is 37.7. The third kappa shape index (κ3) is 3.86. The zero-order valence-electron chi connectivity index (χ0n) is 13.6. The third-order valence-electron chi connectivity index (χ3n) is 4.11. The topological polar surface area (TPSA) is 49.3 Å². The summed E-state index contributed by atoms with van der Waals surface area (Å²) in [7, 11) is 0. The van der Waals surface area contributed by atoms with E-state index in [1.54, 1.807) is 6.07 Å². The molecule has 0 aliphatic carbocycles. The molecule has 0 saturated heterocycles. The number of carbonyl (C=O) groups excluding carboxylic acids is 1. The Hall–Kier alpha value is -2.86. The molecule has 0 bridgehead atoms. The standard InChI is InChI=1S/C20H16F3NO2/c21-20(22,23)15-10-8-14(9-11-15)19(26)24-12-18(25)17-7-3-5-13-4-1-2-6-16(13)17/h1-11,18,25H,12H2,(H,24,26). The fourth-order valence-electron chi connectivity index (χ4n) is 2.75. The van der Waals surface area contributed by atoms with Gasteiger partial charge in [0, 0.05) is 12.1 Å². The molecule has 3 aromatic rings. The van der Waals surface area contributed by atoms with E-state index in [2.05, 4.69) is 5.32 Å². The summed E-state index contributed by atoms with van der Waals surface area (Å²) in [6.45, 7) is -0.0478. The summed E-state index contributed by atoms with van der Waals surface area (Å²) in [6, 6.07) is 17.0. The van der Waals surface area contributed by atoms with Crippen LogP contribution < -0.4 is 5.32 Å². The number of carbonyl (C=O) groups is 1. The van der Waals surface area contributed by atoms with Crippen LogP contribution in [0.2, 0.25) is 0 Å². The maximum Gasteiger partial charge on any atom is 0.416 e. The number of nitrogens with one attached hydrogen (secondary N) is 1. The number of hydrogen-bond donors (Lipinski definition) is 2. The SMILES string of the molecule is O=C(NCC(O)c1cccc2ccccc12)c1ccc(C(F)(F)F)cc1. The predicted octanol–water partition coefficient (Wildman–Crippen LogP) is 4.32. The van der Waals surface area contributed by atoms with E-state index in [9.17, 15) is 23.1 Å². The van der Waals surface area contributed by atoms with E-state index in [-0.39, 0.29) is 12.1 Å². The average molecular weight is 359 g/mol. The van der Waals surface area contributed by atoms with Gasteiger partial charge in [-0.1, -0.05) is 42.5 Å². The molecule has 1 amide bonds. The summed E-state index contributed by atoms with van der Waals surface area (Å²) in [4.78, 5) is 12.1. The second-order valence-electron chi connectivity index (χ2n) is 5.87. The lowest BCUT2D eigenvalue weighted by molar-refractivity contribution is -0.137. The monoisotopic (exact) mass is 359 g/mol. The first-order valence-corrected chi connectivity index (χ1v) is 7.97. The Morgan fingerprint density at radius 3 is 2.31 bits per heavy atom. The Labute approximate surface area is 148 Å². The molecule has 0 aromatic heterocycles. The molecule has 2 N–H and O–H groups in total. The first-order chi connectivity index (χ1) is 12.4. The van der Waals surface area contributed by atoms with E-state index in [1.807, 2.05) is 36.4 Å². The normalized spacial score (nSPS) is 12.8. The zero-order chi connectivity index (χ0) is 18.7. The molecule has 0 aliphatic heterocycles. The van der Waals surface area contributed by atoms with Crippen molar-refractivity contribution in [3.63, 3.8) is 0 Å². The average Bonchev–Trinajstić information content (AvgIpc) is 2.64. The number of rotatable bonds is 4. The van der Waals surface area contributed by atoms with Crippen molar-refractivity contribution < 1.29 is 23.1 Å². The minimum Gasteiger partial charge on any atom is -0.387 e. The van der Waals surface area contributed by atoms with Crippen LogP contribution >= 0.6 is 0 Å². The Morgan fingerprint density at radius 2 is 1.62 bits per heavy atom. The van der Waals surface area contributed by atoms with E-state index >= 15 is 0 Å². The number of alkyl halides is 3. The van der Waals surface area contributed by atoms with Crippen molar-refractivity contribution in [2.24, 2.45) is 0 Å². The lowest BCUT2D eigenvalue weighted by atomic mass is 10.0. The molecule has 0 fully saturated rings. The molecule has 0 heterocycles. The van der Waals surface area contributed by atoms with Crippen molar-refractivity contribution in [2.75, 3.05) is 6.54 Å². The van der Waals surface area contributed by atoms with Gasteiger partial charge in [-0.2, -0.15) is 13.2 Å².